The monoisotopic (exact) mass is 418 g/mol. The highest BCUT2D eigenvalue weighted by Gasteiger charge is 2.26. The highest BCUT2D eigenvalue weighted by Crippen LogP contribution is 2.43. The Bertz CT molecular complexity index is 797. The molecule has 0 saturated heterocycles. The van der Waals surface area contributed by atoms with Gasteiger partial charge in [-0.2, -0.15) is 0 Å². The first kappa shape index (κ1) is 23.7. The van der Waals surface area contributed by atoms with Gasteiger partial charge >= 0.3 is 7.60 Å². The standard InChI is InChI=1S/C24H35O4P/c1-17(2)21-11-15-24(16-12-21)29(25,26)28-20(6)8-7-19(5)22-9-13-23(14-10-22)27-18(3)4/h9-20H,7-8H2,1-6H3,(H,25,26). The molecule has 2 rings (SSSR count). The molecule has 2 aromatic carbocycles. The number of rotatable bonds is 10. The molecule has 0 aromatic heterocycles. The first-order valence-electron chi connectivity index (χ1n) is 10.5. The maximum atomic E-state index is 12.7. The van der Waals surface area contributed by atoms with Gasteiger partial charge in [0.2, 0.25) is 0 Å². The number of ether oxygens (including phenoxy) is 1. The van der Waals surface area contributed by atoms with E-state index < -0.39 is 7.60 Å². The van der Waals surface area contributed by atoms with Gasteiger partial charge in [-0.1, -0.05) is 45.0 Å². The molecule has 3 atom stereocenters. The van der Waals surface area contributed by atoms with E-state index in [0.717, 1.165) is 17.7 Å². The number of hydrogen-bond acceptors (Lipinski definition) is 3. The van der Waals surface area contributed by atoms with E-state index in [4.69, 9.17) is 9.26 Å². The van der Waals surface area contributed by atoms with Crippen LogP contribution in [0.2, 0.25) is 0 Å². The molecular formula is C24H35O4P. The molecule has 0 aliphatic rings. The molecule has 0 aliphatic carbocycles. The Hall–Kier alpha value is -1.61. The molecule has 0 bridgehead atoms. The van der Waals surface area contributed by atoms with Crippen molar-refractivity contribution in [2.75, 3.05) is 0 Å². The summed E-state index contributed by atoms with van der Waals surface area (Å²) in [5.74, 6) is 1.59. The van der Waals surface area contributed by atoms with Crippen molar-refractivity contribution in [3.05, 3.63) is 59.7 Å². The van der Waals surface area contributed by atoms with Gasteiger partial charge in [0.1, 0.15) is 5.75 Å². The van der Waals surface area contributed by atoms with Gasteiger partial charge in [-0.15, -0.1) is 0 Å². The minimum absolute atomic E-state index is 0.159. The second-order valence-electron chi connectivity index (χ2n) is 8.40. The molecule has 0 aliphatic heterocycles. The molecule has 0 saturated carbocycles. The molecule has 2 aromatic rings. The van der Waals surface area contributed by atoms with Crippen LogP contribution < -0.4 is 10.0 Å². The Kier molecular flexibility index (Phi) is 8.51. The Labute approximate surface area is 175 Å². The smallest absolute Gasteiger partial charge is 0.359 e. The summed E-state index contributed by atoms with van der Waals surface area (Å²) in [5, 5.41) is 0.350. The van der Waals surface area contributed by atoms with E-state index in [2.05, 4.69) is 32.9 Å². The van der Waals surface area contributed by atoms with Crippen LogP contribution in [-0.4, -0.2) is 17.1 Å². The summed E-state index contributed by atoms with van der Waals surface area (Å²) in [6, 6.07) is 15.3. The van der Waals surface area contributed by atoms with Crippen molar-refractivity contribution in [3.8, 4) is 5.75 Å². The van der Waals surface area contributed by atoms with Gasteiger partial charge in [0, 0.05) is 0 Å². The molecule has 160 valence electrons. The fraction of sp³-hybridized carbons (Fsp3) is 0.500. The second-order valence-corrected chi connectivity index (χ2v) is 10.2. The maximum Gasteiger partial charge on any atom is 0.359 e. The summed E-state index contributed by atoms with van der Waals surface area (Å²) in [4.78, 5) is 10.4. The lowest BCUT2D eigenvalue weighted by molar-refractivity contribution is 0.182. The lowest BCUT2D eigenvalue weighted by atomic mass is 9.95. The van der Waals surface area contributed by atoms with Crippen LogP contribution in [0.4, 0.5) is 0 Å². The minimum Gasteiger partial charge on any atom is -0.491 e. The summed E-state index contributed by atoms with van der Waals surface area (Å²) < 4.78 is 23.9. The van der Waals surface area contributed by atoms with Crippen LogP contribution in [0.5, 0.6) is 5.75 Å². The first-order valence-corrected chi connectivity index (χ1v) is 12.0. The maximum absolute atomic E-state index is 12.7. The molecule has 3 unspecified atom stereocenters. The number of hydrogen-bond donors (Lipinski definition) is 1. The third kappa shape index (κ3) is 7.29. The van der Waals surface area contributed by atoms with E-state index in [1.807, 2.05) is 45.0 Å². The van der Waals surface area contributed by atoms with Crippen molar-refractivity contribution in [3.63, 3.8) is 0 Å². The number of benzene rings is 2. The van der Waals surface area contributed by atoms with Crippen LogP contribution in [0, 0.1) is 0 Å². The Morgan fingerprint density at radius 3 is 1.90 bits per heavy atom. The van der Waals surface area contributed by atoms with Gasteiger partial charge < -0.3 is 14.2 Å². The zero-order chi connectivity index (χ0) is 21.6. The van der Waals surface area contributed by atoms with Gasteiger partial charge in [-0.25, -0.2) is 0 Å². The summed E-state index contributed by atoms with van der Waals surface area (Å²) >= 11 is 0. The summed E-state index contributed by atoms with van der Waals surface area (Å²) in [6.07, 6.45) is 1.44. The van der Waals surface area contributed by atoms with E-state index in [9.17, 15) is 9.46 Å². The van der Waals surface area contributed by atoms with Crippen LogP contribution in [0.3, 0.4) is 0 Å². The van der Waals surface area contributed by atoms with E-state index in [0.29, 0.717) is 23.6 Å². The molecular weight excluding hydrogens is 383 g/mol. The molecule has 4 nitrogen and oxygen atoms in total. The predicted molar refractivity (Wildman–Crippen MR) is 120 cm³/mol. The average molecular weight is 419 g/mol. The molecule has 0 radical (unpaired) electrons. The zero-order valence-corrected chi connectivity index (χ0v) is 19.4. The fourth-order valence-electron chi connectivity index (χ4n) is 3.20. The normalized spacial score (nSPS) is 15.9. The SMILES string of the molecule is CC(C)Oc1ccc(C(C)CCC(C)OP(=O)(O)c2ccc(C(C)C)cc2)cc1. The van der Waals surface area contributed by atoms with Crippen LogP contribution in [0.1, 0.15) is 77.3 Å². The molecule has 0 amide bonds. The Morgan fingerprint density at radius 2 is 1.38 bits per heavy atom. The molecule has 0 spiro atoms. The molecule has 0 heterocycles. The quantitative estimate of drug-likeness (QED) is 0.454. The van der Waals surface area contributed by atoms with Crippen LogP contribution >= 0.6 is 7.60 Å². The molecule has 29 heavy (non-hydrogen) atoms. The van der Waals surface area contributed by atoms with E-state index in [1.165, 1.54) is 5.56 Å². The molecule has 0 fully saturated rings. The summed E-state index contributed by atoms with van der Waals surface area (Å²) in [5.41, 5.74) is 2.37. The van der Waals surface area contributed by atoms with Crippen LogP contribution in [0.15, 0.2) is 48.5 Å². The average Bonchev–Trinajstić information content (AvgIpc) is 2.66. The van der Waals surface area contributed by atoms with Crippen molar-refractivity contribution in [1.82, 2.24) is 0 Å². The Balaban J connectivity index is 1.89. The van der Waals surface area contributed by atoms with Crippen molar-refractivity contribution >= 4 is 12.9 Å². The van der Waals surface area contributed by atoms with Gasteiger partial charge in [-0.05, 0) is 80.8 Å². The summed E-state index contributed by atoms with van der Waals surface area (Å²) in [6.45, 7) is 12.2. The van der Waals surface area contributed by atoms with Gasteiger partial charge in [0.25, 0.3) is 0 Å². The van der Waals surface area contributed by atoms with E-state index >= 15 is 0 Å². The minimum atomic E-state index is -3.82. The summed E-state index contributed by atoms with van der Waals surface area (Å²) in [7, 11) is -3.82. The fourth-order valence-corrected chi connectivity index (χ4v) is 4.44. The lowest BCUT2D eigenvalue weighted by Crippen LogP contribution is -2.14. The van der Waals surface area contributed by atoms with Gasteiger partial charge in [0.15, 0.2) is 0 Å². The van der Waals surface area contributed by atoms with Crippen LogP contribution in [0.25, 0.3) is 0 Å². The largest absolute Gasteiger partial charge is 0.491 e. The predicted octanol–water partition coefficient (Wildman–Crippen LogP) is 6.40. The van der Waals surface area contributed by atoms with Crippen molar-refractivity contribution in [2.24, 2.45) is 0 Å². The zero-order valence-electron chi connectivity index (χ0n) is 18.5. The second kappa shape index (κ2) is 10.4. The highest BCUT2D eigenvalue weighted by atomic mass is 31.2. The van der Waals surface area contributed by atoms with E-state index in [-0.39, 0.29) is 12.2 Å². The van der Waals surface area contributed by atoms with Crippen molar-refractivity contribution in [2.45, 2.75) is 78.4 Å². The topological polar surface area (TPSA) is 55.8 Å². The Morgan fingerprint density at radius 1 is 0.828 bits per heavy atom. The van der Waals surface area contributed by atoms with E-state index in [1.54, 1.807) is 12.1 Å². The van der Waals surface area contributed by atoms with Gasteiger partial charge in [-0.3, -0.25) is 4.57 Å². The lowest BCUT2D eigenvalue weighted by Gasteiger charge is -2.20. The first-order chi connectivity index (χ1) is 13.6. The molecule has 5 heteroatoms. The molecule has 1 N–H and O–H groups in total. The third-order valence-corrected chi connectivity index (χ3v) is 6.63. The third-order valence-electron chi connectivity index (χ3n) is 5.04. The van der Waals surface area contributed by atoms with Gasteiger partial charge in [0.05, 0.1) is 17.5 Å². The van der Waals surface area contributed by atoms with Crippen LogP contribution in [-0.2, 0) is 9.09 Å². The highest BCUT2D eigenvalue weighted by molar-refractivity contribution is 7.61. The van der Waals surface area contributed by atoms with Crippen molar-refractivity contribution in [1.29, 1.82) is 0 Å². The van der Waals surface area contributed by atoms with Crippen molar-refractivity contribution < 1.29 is 18.7 Å².